The molecule has 0 aliphatic carbocycles. The number of ether oxygens (including phenoxy) is 4. The highest BCUT2D eigenvalue weighted by molar-refractivity contribution is 6.27. The summed E-state index contributed by atoms with van der Waals surface area (Å²) in [5.41, 5.74) is 0.860. The molecule has 2 rings (SSSR count). The highest BCUT2D eigenvalue weighted by Gasteiger charge is 2.18. The Morgan fingerprint density at radius 2 is 1.41 bits per heavy atom. The smallest absolute Gasteiger partial charge is 0.414 e. The third kappa shape index (κ3) is 6.31. The Kier molecular flexibility index (Phi) is 8.78. The molecule has 2 aromatic rings. The monoisotopic (exact) mass is 407 g/mol. The Labute approximate surface area is 166 Å². The van der Waals surface area contributed by atoms with Crippen LogP contribution in [0.15, 0.2) is 36.4 Å². The second-order valence-corrected chi connectivity index (χ2v) is 5.17. The predicted octanol–water partition coefficient (Wildman–Crippen LogP) is 2.13. The van der Waals surface area contributed by atoms with Gasteiger partial charge in [-0.15, -0.1) is 0 Å². The van der Waals surface area contributed by atoms with Crippen molar-refractivity contribution in [2.24, 2.45) is 0 Å². The van der Waals surface area contributed by atoms with Gasteiger partial charge < -0.3 is 34.5 Å². The normalized spacial score (nSPS) is 9.38. The van der Waals surface area contributed by atoms with Gasteiger partial charge in [0.15, 0.2) is 11.5 Å². The minimum atomic E-state index is -1.82. The molecule has 29 heavy (non-hydrogen) atoms. The predicted molar refractivity (Wildman–Crippen MR) is 102 cm³/mol. The van der Waals surface area contributed by atoms with E-state index in [1.807, 2.05) is 0 Å². The number of benzene rings is 2. The van der Waals surface area contributed by atoms with Crippen molar-refractivity contribution in [2.75, 3.05) is 33.8 Å². The highest BCUT2D eigenvalue weighted by atomic mass is 16.5. The van der Waals surface area contributed by atoms with Crippen LogP contribution in [0.5, 0.6) is 23.0 Å². The van der Waals surface area contributed by atoms with Crippen molar-refractivity contribution < 1.29 is 43.5 Å². The summed E-state index contributed by atoms with van der Waals surface area (Å²) >= 11 is 0. The number of carboxylic acid groups (broad SMARTS) is 2. The van der Waals surface area contributed by atoms with Gasteiger partial charge in [0.25, 0.3) is 5.91 Å². The summed E-state index contributed by atoms with van der Waals surface area (Å²) in [6, 6.07) is 10.3. The first-order valence-electron chi connectivity index (χ1n) is 7.99. The standard InChI is InChI=1S/C17H19NO5.C2H2O4/c1-20-11-8-9-14(21-2)13(10-11)18-17(19)12-6-5-7-15(22-3)16(12)23-4;3-1(4)2(5)6/h5-10H,1-4H3,(H,18,19);(H,3,4)(H,5,6). The van der Waals surface area contributed by atoms with Crippen molar-refractivity contribution in [3.8, 4) is 23.0 Å². The minimum Gasteiger partial charge on any atom is -0.497 e. The van der Waals surface area contributed by atoms with Gasteiger partial charge in [0.05, 0.1) is 39.7 Å². The Bertz CT molecular complexity index is 868. The molecule has 10 heteroatoms. The van der Waals surface area contributed by atoms with Crippen LogP contribution in [0.1, 0.15) is 10.4 Å². The van der Waals surface area contributed by atoms with Crippen LogP contribution in [0.3, 0.4) is 0 Å². The van der Waals surface area contributed by atoms with E-state index in [-0.39, 0.29) is 5.91 Å². The van der Waals surface area contributed by atoms with Crippen LogP contribution in [0, 0.1) is 0 Å². The van der Waals surface area contributed by atoms with Gasteiger partial charge in [0.2, 0.25) is 0 Å². The second kappa shape index (κ2) is 11.0. The minimum absolute atomic E-state index is 0.340. The van der Waals surface area contributed by atoms with E-state index in [4.69, 9.17) is 38.7 Å². The van der Waals surface area contributed by atoms with Crippen LogP contribution in [-0.4, -0.2) is 56.5 Å². The number of rotatable bonds is 6. The molecule has 0 fully saturated rings. The number of carbonyl (C=O) groups excluding carboxylic acids is 1. The number of anilines is 1. The molecule has 0 aromatic heterocycles. The zero-order valence-electron chi connectivity index (χ0n) is 16.2. The van der Waals surface area contributed by atoms with Crippen molar-refractivity contribution in [1.29, 1.82) is 0 Å². The van der Waals surface area contributed by atoms with Gasteiger partial charge in [-0.1, -0.05) is 6.07 Å². The van der Waals surface area contributed by atoms with E-state index in [1.165, 1.54) is 21.3 Å². The maximum atomic E-state index is 12.6. The molecule has 0 radical (unpaired) electrons. The van der Waals surface area contributed by atoms with Crippen molar-refractivity contribution in [1.82, 2.24) is 0 Å². The molecule has 0 bridgehead atoms. The van der Waals surface area contributed by atoms with Crippen molar-refractivity contribution in [3.05, 3.63) is 42.0 Å². The van der Waals surface area contributed by atoms with Crippen molar-refractivity contribution in [3.63, 3.8) is 0 Å². The van der Waals surface area contributed by atoms with Gasteiger partial charge in [-0.2, -0.15) is 0 Å². The van der Waals surface area contributed by atoms with E-state index in [0.29, 0.717) is 34.2 Å². The average Bonchev–Trinajstić information content (AvgIpc) is 2.73. The molecule has 0 unspecified atom stereocenters. The third-order valence-electron chi connectivity index (χ3n) is 3.49. The number of amides is 1. The number of nitrogens with one attached hydrogen (secondary N) is 1. The number of aliphatic carboxylic acids is 2. The lowest BCUT2D eigenvalue weighted by molar-refractivity contribution is -0.159. The van der Waals surface area contributed by atoms with Gasteiger partial charge in [0, 0.05) is 6.07 Å². The third-order valence-corrected chi connectivity index (χ3v) is 3.49. The van der Waals surface area contributed by atoms with Crippen LogP contribution in [0.25, 0.3) is 0 Å². The number of hydrogen-bond acceptors (Lipinski definition) is 7. The second-order valence-electron chi connectivity index (χ2n) is 5.17. The number of carbonyl (C=O) groups is 3. The van der Waals surface area contributed by atoms with Crippen LogP contribution < -0.4 is 24.3 Å². The molecule has 0 saturated carbocycles. The molecule has 0 atom stereocenters. The summed E-state index contributed by atoms with van der Waals surface area (Å²) in [4.78, 5) is 30.8. The van der Waals surface area contributed by atoms with Crippen LogP contribution in [-0.2, 0) is 9.59 Å². The fourth-order valence-electron chi connectivity index (χ4n) is 2.17. The summed E-state index contributed by atoms with van der Waals surface area (Å²) < 4.78 is 20.9. The summed E-state index contributed by atoms with van der Waals surface area (Å²) in [6.07, 6.45) is 0. The number of methoxy groups -OCH3 is 4. The van der Waals surface area contributed by atoms with E-state index >= 15 is 0 Å². The van der Waals surface area contributed by atoms with E-state index in [2.05, 4.69) is 5.32 Å². The first-order valence-corrected chi connectivity index (χ1v) is 7.99. The zero-order chi connectivity index (χ0) is 22.0. The van der Waals surface area contributed by atoms with Gasteiger partial charge in [-0.25, -0.2) is 9.59 Å². The maximum Gasteiger partial charge on any atom is 0.414 e. The Balaban J connectivity index is 0.000000612. The lowest BCUT2D eigenvalue weighted by Gasteiger charge is -2.14. The van der Waals surface area contributed by atoms with Crippen LogP contribution >= 0.6 is 0 Å². The molecular formula is C19H21NO9. The molecule has 0 aliphatic heterocycles. The van der Waals surface area contributed by atoms with E-state index in [9.17, 15) is 4.79 Å². The van der Waals surface area contributed by atoms with Crippen molar-refractivity contribution in [2.45, 2.75) is 0 Å². The molecule has 156 valence electrons. The van der Waals surface area contributed by atoms with Gasteiger partial charge in [0.1, 0.15) is 11.5 Å². The summed E-state index contributed by atoms with van der Waals surface area (Å²) in [5.74, 6) is -2.00. The van der Waals surface area contributed by atoms with Crippen molar-refractivity contribution >= 4 is 23.5 Å². The zero-order valence-corrected chi connectivity index (χ0v) is 16.2. The average molecular weight is 407 g/mol. The first kappa shape index (κ1) is 23.1. The largest absolute Gasteiger partial charge is 0.497 e. The molecule has 0 saturated heterocycles. The number of para-hydroxylation sites is 1. The molecule has 10 nitrogen and oxygen atoms in total. The molecule has 2 aromatic carbocycles. The van der Waals surface area contributed by atoms with E-state index in [1.54, 1.807) is 43.5 Å². The molecule has 0 aliphatic rings. The Morgan fingerprint density at radius 3 is 1.90 bits per heavy atom. The van der Waals surface area contributed by atoms with E-state index < -0.39 is 11.9 Å². The van der Waals surface area contributed by atoms with Crippen LogP contribution in [0.4, 0.5) is 5.69 Å². The molecule has 0 heterocycles. The SMILES string of the molecule is COc1ccc(OC)c(NC(=O)c2cccc(OC)c2OC)c1.O=C(O)C(=O)O. The van der Waals surface area contributed by atoms with Gasteiger partial charge in [-0.3, -0.25) is 4.79 Å². The summed E-state index contributed by atoms with van der Waals surface area (Å²) in [7, 11) is 6.09. The topological polar surface area (TPSA) is 141 Å². The van der Waals surface area contributed by atoms with Gasteiger partial charge in [-0.05, 0) is 24.3 Å². The first-order chi connectivity index (χ1) is 13.8. The lowest BCUT2D eigenvalue weighted by Crippen LogP contribution is -2.14. The molecular weight excluding hydrogens is 386 g/mol. The fraction of sp³-hybridized carbons (Fsp3) is 0.211. The maximum absolute atomic E-state index is 12.6. The quantitative estimate of drug-likeness (QED) is 0.614. The molecule has 1 amide bonds. The van der Waals surface area contributed by atoms with E-state index in [0.717, 1.165) is 0 Å². The Hall–Kier alpha value is -3.95. The molecule has 3 N–H and O–H groups in total. The van der Waals surface area contributed by atoms with Gasteiger partial charge >= 0.3 is 11.9 Å². The number of hydrogen-bond donors (Lipinski definition) is 3. The lowest BCUT2D eigenvalue weighted by atomic mass is 10.1. The Morgan fingerprint density at radius 1 is 0.793 bits per heavy atom. The fourth-order valence-corrected chi connectivity index (χ4v) is 2.17. The highest BCUT2D eigenvalue weighted by Crippen LogP contribution is 2.33. The molecule has 0 spiro atoms. The number of carboxylic acids is 2. The summed E-state index contributed by atoms with van der Waals surface area (Å²) in [5, 5.41) is 17.6. The summed E-state index contributed by atoms with van der Waals surface area (Å²) in [6.45, 7) is 0. The van der Waals surface area contributed by atoms with Crippen LogP contribution in [0.2, 0.25) is 0 Å².